The summed E-state index contributed by atoms with van der Waals surface area (Å²) in [6.45, 7) is 4.45. The van der Waals surface area contributed by atoms with E-state index in [1.807, 2.05) is 11.9 Å². The van der Waals surface area contributed by atoms with E-state index in [2.05, 4.69) is 37.1 Å². The minimum atomic E-state index is -4.65. The first-order valence-electron chi connectivity index (χ1n) is 13.6. The number of hydrogen-bond acceptors (Lipinski definition) is 10. The van der Waals surface area contributed by atoms with Crippen LogP contribution in [0.4, 0.5) is 50.8 Å². The van der Waals surface area contributed by atoms with Crippen LogP contribution in [0.5, 0.6) is 5.88 Å². The number of nitrogens with one attached hydrogen (secondary N) is 2. The topological polar surface area (TPSA) is 108 Å². The SMILES string of the molecule is C=CC(=O)Nc1cc(Nc2cc(N3OCCC3c3cc(F)cc(F)c3)ncn2)c(OCC(F)(F)F)nc1N1CCN(C)CC1. The lowest BCUT2D eigenvalue weighted by atomic mass is 10.0. The first-order chi connectivity index (χ1) is 21.0. The predicted molar refractivity (Wildman–Crippen MR) is 152 cm³/mol. The Bertz CT molecular complexity index is 1500. The molecule has 16 heteroatoms. The molecule has 2 fully saturated rings. The number of aromatic nitrogens is 3. The van der Waals surface area contributed by atoms with Gasteiger partial charge in [-0.2, -0.15) is 18.2 Å². The molecule has 0 spiro atoms. The molecule has 2 aliphatic heterocycles. The smallest absolute Gasteiger partial charge is 0.422 e. The second-order valence-corrected chi connectivity index (χ2v) is 10.2. The van der Waals surface area contributed by atoms with E-state index in [9.17, 15) is 26.7 Å². The Morgan fingerprint density at radius 3 is 2.50 bits per heavy atom. The van der Waals surface area contributed by atoms with Gasteiger partial charge in [-0.3, -0.25) is 9.63 Å². The molecule has 2 aliphatic rings. The Kier molecular flexibility index (Phi) is 9.10. The Morgan fingerprint density at radius 1 is 1.09 bits per heavy atom. The molecule has 44 heavy (non-hydrogen) atoms. The molecule has 1 atom stereocenters. The number of nitrogens with zero attached hydrogens (tertiary/aromatic N) is 6. The first kappa shape index (κ1) is 30.9. The summed E-state index contributed by atoms with van der Waals surface area (Å²) in [6, 6.07) is 5.44. The largest absolute Gasteiger partial charge is 0.466 e. The Morgan fingerprint density at radius 2 is 1.82 bits per heavy atom. The van der Waals surface area contributed by atoms with E-state index in [4.69, 9.17) is 9.57 Å². The van der Waals surface area contributed by atoms with Gasteiger partial charge in [-0.1, -0.05) is 6.58 Å². The van der Waals surface area contributed by atoms with Crippen LogP contribution in [0, 0.1) is 11.6 Å². The van der Waals surface area contributed by atoms with Gasteiger partial charge in [0.25, 0.3) is 0 Å². The molecule has 2 saturated heterocycles. The number of anilines is 5. The van der Waals surface area contributed by atoms with Crippen LogP contribution >= 0.6 is 0 Å². The summed E-state index contributed by atoms with van der Waals surface area (Å²) in [5.41, 5.74) is 0.524. The number of halogens is 5. The quantitative estimate of drug-likeness (QED) is 0.261. The van der Waals surface area contributed by atoms with Gasteiger partial charge in [-0.15, -0.1) is 0 Å². The van der Waals surface area contributed by atoms with Gasteiger partial charge in [0, 0.05) is 44.7 Å². The number of piperazine rings is 1. The van der Waals surface area contributed by atoms with E-state index in [0.717, 1.165) is 12.1 Å². The number of carbonyl (C=O) groups excluding carboxylic acids is 1. The number of hydroxylamine groups is 1. The summed E-state index contributed by atoms with van der Waals surface area (Å²) in [7, 11) is 1.94. The van der Waals surface area contributed by atoms with Crippen molar-refractivity contribution in [3.05, 3.63) is 66.5 Å². The zero-order valence-corrected chi connectivity index (χ0v) is 23.6. The zero-order chi connectivity index (χ0) is 31.4. The van der Waals surface area contributed by atoms with E-state index in [1.54, 1.807) is 0 Å². The first-order valence-corrected chi connectivity index (χ1v) is 13.6. The normalized spacial score (nSPS) is 17.5. The molecular formula is C28H29F5N8O3. The molecule has 2 N–H and O–H groups in total. The van der Waals surface area contributed by atoms with Gasteiger partial charge in [-0.25, -0.2) is 23.8 Å². The Labute approximate surface area is 249 Å². The van der Waals surface area contributed by atoms with Gasteiger partial charge in [0.1, 0.15) is 29.5 Å². The molecule has 3 aromatic rings. The molecule has 0 aliphatic carbocycles. The number of ether oxygens (including phenoxy) is 1. The number of hydrogen-bond donors (Lipinski definition) is 2. The van der Waals surface area contributed by atoms with Crippen molar-refractivity contribution in [2.24, 2.45) is 0 Å². The summed E-state index contributed by atoms with van der Waals surface area (Å²) >= 11 is 0. The fourth-order valence-corrected chi connectivity index (χ4v) is 4.81. The third-order valence-electron chi connectivity index (χ3n) is 6.90. The summed E-state index contributed by atoms with van der Waals surface area (Å²) in [5, 5.41) is 6.95. The fourth-order valence-electron chi connectivity index (χ4n) is 4.81. The monoisotopic (exact) mass is 620 g/mol. The van der Waals surface area contributed by atoms with E-state index in [-0.39, 0.29) is 41.3 Å². The van der Waals surface area contributed by atoms with Crippen molar-refractivity contribution < 1.29 is 36.3 Å². The van der Waals surface area contributed by atoms with Crippen LogP contribution in [0.3, 0.4) is 0 Å². The third-order valence-corrected chi connectivity index (χ3v) is 6.90. The van der Waals surface area contributed by atoms with Gasteiger partial charge in [0.05, 0.1) is 18.3 Å². The maximum atomic E-state index is 13.9. The second-order valence-electron chi connectivity index (χ2n) is 10.2. The highest BCUT2D eigenvalue weighted by Gasteiger charge is 2.32. The maximum Gasteiger partial charge on any atom is 0.422 e. The highest BCUT2D eigenvalue weighted by Crippen LogP contribution is 2.38. The number of pyridine rings is 1. The average molecular weight is 621 g/mol. The molecule has 1 amide bonds. The fraction of sp³-hybridized carbons (Fsp3) is 0.357. The molecule has 1 unspecified atom stereocenters. The molecule has 0 radical (unpaired) electrons. The van der Waals surface area contributed by atoms with Crippen LogP contribution in [0.2, 0.25) is 0 Å². The molecule has 11 nitrogen and oxygen atoms in total. The molecule has 2 aromatic heterocycles. The zero-order valence-electron chi connectivity index (χ0n) is 23.6. The van der Waals surface area contributed by atoms with Crippen molar-refractivity contribution >= 4 is 34.7 Å². The summed E-state index contributed by atoms with van der Waals surface area (Å²) in [6.07, 6.45) is -1.99. The molecule has 5 rings (SSSR count). The number of rotatable bonds is 9. The van der Waals surface area contributed by atoms with Crippen molar-refractivity contribution in [3.8, 4) is 5.88 Å². The highest BCUT2D eigenvalue weighted by atomic mass is 19.4. The van der Waals surface area contributed by atoms with Crippen molar-refractivity contribution in [3.63, 3.8) is 0 Å². The van der Waals surface area contributed by atoms with E-state index in [0.29, 0.717) is 38.2 Å². The van der Waals surface area contributed by atoms with Crippen LogP contribution in [0.25, 0.3) is 0 Å². The van der Waals surface area contributed by atoms with Crippen molar-refractivity contribution in [1.29, 1.82) is 0 Å². The van der Waals surface area contributed by atoms with Crippen LogP contribution in [-0.2, 0) is 9.63 Å². The van der Waals surface area contributed by atoms with Crippen LogP contribution in [-0.4, -0.2) is 78.4 Å². The maximum absolute atomic E-state index is 13.9. The van der Waals surface area contributed by atoms with Crippen molar-refractivity contribution in [2.45, 2.75) is 18.6 Å². The standard InChI is InChI=1S/C28H29F5N8O3/c1-3-25(42)37-20-13-21(27(43-15-28(31,32)33)38-26(20)40-7-5-39(2)6-8-40)36-23-14-24(35-16-34-23)41-22(4-9-44-41)17-10-18(29)12-19(30)11-17/h3,10-14,16,22H,1,4-9,15H2,2H3,(H,37,42)(H,34,35,36). The number of amides is 1. The van der Waals surface area contributed by atoms with Crippen LogP contribution in [0.15, 0.2) is 49.3 Å². The second kappa shape index (κ2) is 13.0. The lowest BCUT2D eigenvalue weighted by molar-refractivity contribution is -0.153. The highest BCUT2D eigenvalue weighted by molar-refractivity contribution is 6.01. The lowest BCUT2D eigenvalue weighted by Gasteiger charge is -2.34. The minimum absolute atomic E-state index is 0.0257. The summed E-state index contributed by atoms with van der Waals surface area (Å²) in [5.74, 6) is -1.84. The van der Waals surface area contributed by atoms with Crippen LogP contribution < -0.4 is 25.3 Å². The van der Waals surface area contributed by atoms with E-state index < -0.39 is 36.4 Å². The van der Waals surface area contributed by atoms with Crippen molar-refractivity contribution in [2.75, 3.05) is 67.0 Å². The average Bonchev–Trinajstić information content (AvgIpc) is 3.47. The van der Waals surface area contributed by atoms with Crippen LogP contribution in [0.1, 0.15) is 18.0 Å². The van der Waals surface area contributed by atoms with Gasteiger partial charge >= 0.3 is 6.18 Å². The van der Waals surface area contributed by atoms with E-state index >= 15 is 0 Å². The number of alkyl halides is 3. The molecule has 4 heterocycles. The number of likely N-dealkylation sites (N-methyl/N-ethyl adjacent to an activating group) is 1. The predicted octanol–water partition coefficient (Wildman–Crippen LogP) is 4.59. The van der Waals surface area contributed by atoms with E-state index in [1.165, 1.54) is 35.7 Å². The van der Waals surface area contributed by atoms with Gasteiger partial charge in [-0.05, 0) is 36.9 Å². The van der Waals surface area contributed by atoms with Gasteiger partial charge < -0.3 is 25.2 Å². The summed E-state index contributed by atoms with van der Waals surface area (Å²) in [4.78, 5) is 34.7. The Balaban J connectivity index is 1.49. The number of benzene rings is 1. The minimum Gasteiger partial charge on any atom is -0.466 e. The number of carbonyl (C=O) groups is 1. The van der Waals surface area contributed by atoms with Crippen molar-refractivity contribution in [1.82, 2.24) is 19.9 Å². The Hall–Kier alpha value is -4.57. The van der Waals surface area contributed by atoms with Gasteiger partial charge in [0.15, 0.2) is 18.2 Å². The molecule has 1 aromatic carbocycles. The molecule has 0 bridgehead atoms. The lowest BCUT2D eigenvalue weighted by Crippen LogP contribution is -2.45. The van der Waals surface area contributed by atoms with Gasteiger partial charge in [0.2, 0.25) is 11.8 Å². The molecule has 234 valence electrons. The summed E-state index contributed by atoms with van der Waals surface area (Å²) < 4.78 is 72.6. The third kappa shape index (κ3) is 7.49. The molecular weight excluding hydrogens is 591 g/mol. The molecule has 0 saturated carbocycles.